The van der Waals surface area contributed by atoms with Crippen LogP contribution in [0.4, 0.5) is 0 Å². The normalized spacial score (nSPS) is 22.9. The first-order valence-corrected chi connectivity index (χ1v) is 9.85. The maximum atomic E-state index is 12.7. The van der Waals surface area contributed by atoms with Crippen LogP contribution in [0.1, 0.15) is 34.0 Å². The van der Waals surface area contributed by atoms with E-state index in [0.29, 0.717) is 41.2 Å². The Hall–Kier alpha value is -3.32. The number of hydrogen-bond acceptors (Lipinski definition) is 7. The molecule has 1 fully saturated rings. The van der Waals surface area contributed by atoms with Crippen LogP contribution in [0, 0.1) is 6.92 Å². The number of carbonyl (C=O) groups excluding carboxylic acids is 1. The molecule has 0 saturated carbocycles. The SMILES string of the molecule is Cc1cc(=O)c2c(O)cc3c(c2o1)[C@H]1C[C@@H](O3)N(C)C[C@H]1OC(=O)c1ccccc1. The van der Waals surface area contributed by atoms with Gasteiger partial charge in [0.1, 0.15) is 34.3 Å². The zero-order chi connectivity index (χ0) is 21.0. The molecule has 2 bridgehead atoms. The molecule has 30 heavy (non-hydrogen) atoms. The number of likely N-dealkylation sites (tertiary alicyclic amines) is 1. The molecule has 0 amide bonds. The number of phenolic OH excluding ortho intramolecular Hbond substituents is 1. The number of hydrogen-bond donors (Lipinski definition) is 1. The summed E-state index contributed by atoms with van der Waals surface area (Å²) in [4.78, 5) is 27.2. The lowest BCUT2D eigenvalue weighted by atomic mass is 9.82. The van der Waals surface area contributed by atoms with E-state index in [0.717, 1.165) is 0 Å². The van der Waals surface area contributed by atoms with E-state index < -0.39 is 12.1 Å². The van der Waals surface area contributed by atoms with Crippen LogP contribution in [-0.2, 0) is 4.74 Å². The van der Waals surface area contributed by atoms with Gasteiger partial charge < -0.3 is 19.0 Å². The monoisotopic (exact) mass is 407 g/mol. The first kappa shape index (κ1) is 18.7. The molecule has 2 aromatic carbocycles. The lowest BCUT2D eigenvalue weighted by molar-refractivity contribution is -0.0714. The zero-order valence-electron chi connectivity index (χ0n) is 16.6. The van der Waals surface area contributed by atoms with Crippen molar-refractivity contribution >= 4 is 16.9 Å². The molecule has 3 aromatic rings. The number of benzene rings is 2. The second-order valence-corrected chi connectivity index (χ2v) is 7.90. The Labute approximate surface area is 172 Å². The Morgan fingerprint density at radius 1 is 1.23 bits per heavy atom. The summed E-state index contributed by atoms with van der Waals surface area (Å²) in [5.74, 6) is 0.0744. The Morgan fingerprint density at radius 2 is 2.00 bits per heavy atom. The van der Waals surface area contributed by atoms with Gasteiger partial charge in [-0.25, -0.2) is 4.79 Å². The van der Waals surface area contributed by atoms with Crippen molar-refractivity contribution in [3.8, 4) is 11.5 Å². The molecule has 7 nitrogen and oxygen atoms in total. The van der Waals surface area contributed by atoms with E-state index in [1.165, 1.54) is 12.1 Å². The van der Waals surface area contributed by atoms with Gasteiger partial charge in [0, 0.05) is 36.6 Å². The van der Waals surface area contributed by atoms with Gasteiger partial charge in [0.15, 0.2) is 11.7 Å². The Morgan fingerprint density at radius 3 is 2.77 bits per heavy atom. The summed E-state index contributed by atoms with van der Waals surface area (Å²) in [5, 5.41) is 10.6. The number of ether oxygens (including phenoxy) is 2. The number of rotatable bonds is 2. The number of aromatic hydroxyl groups is 1. The number of esters is 1. The highest BCUT2D eigenvalue weighted by atomic mass is 16.5. The Kier molecular flexibility index (Phi) is 4.29. The number of nitrogens with zero attached hydrogens (tertiary/aromatic N) is 1. The highest BCUT2D eigenvalue weighted by Gasteiger charge is 2.45. The van der Waals surface area contributed by atoms with E-state index in [9.17, 15) is 14.7 Å². The molecule has 154 valence electrons. The molecule has 3 atom stereocenters. The van der Waals surface area contributed by atoms with E-state index in [1.54, 1.807) is 31.2 Å². The van der Waals surface area contributed by atoms with Gasteiger partial charge in [0.25, 0.3) is 0 Å². The summed E-state index contributed by atoms with van der Waals surface area (Å²) in [7, 11) is 1.90. The minimum absolute atomic E-state index is 0.119. The first-order chi connectivity index (χ1) is 14.4. The van der Waals surface area contributed by atoms with Crippen molar-refractivity contribution in [2.75, 3.05) is 13.6 Å². The Bertz CT molecular complexity index is 1200. The maximum Gasteiger partial charge on any atom is 0.338 e. The molecule has 7 heteroatoms. The van der Waals surface area contributed by atoms with E-state index in [1.807, 2.05) is 18.0 Å². The summed E-state index contributed by atoms with van der Waals surface area (Å²) in [5.41, 5.74) is 1.12. The molecule has 1 aromatic heterocycles. The number of aryl methyl sites for hydroxylation is 1. The summed E-state index contributed by atoms with van der Waals surface area (Å²) < 4.78 is 17.9. The lowest BCUT2D eigenvalue weighted by Crippen LogP contribution is -2.53. The molecule has 3 heterocycles. The van der Waals surface area contributed by atoms with Crippen molar-refractivity contribution in [3.05, 3.63) is 69.6 Å². The second-order valence-electron chi connectivity index (χ2n) is 7.90. The van der Waals surface area contributed by atoms with Crippen LogP contribution in [0.25, 0.3) is 11.0 Å². The van der Waals surface area contributed by atoms with Crippen LogP contribution >= 0.6 is 0 Å². The highest BCUT2D eigenvalue weighted by molar-refractivity contribution is 5.90. The predicted octanol–water partition coefficient (Wildman–Crippen LogP) is 3.17. The molecule has 0 radical (unpaired) electrons. The van der Waals surface area contributed by atoms with E-state index >= 15 is 0 Å². The molecule has 0 aliphatic carbocycles. The third kappa shape index (κ3) is 2.93. The maximum absolute atomic E-state index is 12.7. The van der Waals surface area contributed by atoms with Crippen molar-refractivity contribution < 1.29 is 23.8 Å². The third-order valence-electron chi connectivity index (χ3n) is 5.87. The van der Waals surface area contributed by atoms with Crippen LogP contribution in [0.2, 0.25) is 0 Å². The van der Waals surface area contributed by atoms with Gasteiger partial charge in [0.2, 0.25) is 0 Å². The van der Waals surface area contributed by atoms with Gasteiger partial charge in [0.05, 0.1) is 5.56 Å². The standard InChI is InChI=1S/C23H21NO6/c1-12-8-15(25)21-16(26)10-17-20(22(21)28-12)14-9-19(29-17)24(2)11-18(14)30-23(27)13-6-4-3-5-7-13/h3-8,10,14,18-19,26H,9,11H2,1-2H3/t14-,18+,19+/m0/s1. The van der Waals surface area contributed by atoms with Crippen molar-refractivity contribution in [3.63, 3.8) is 0 Å². The summed E-state index contributed by atoms with van der Waals surface area (Å²) in [6.45, 7) is 2.16. The molecule has 0 unspecified atom stereocenters. The van der Waals surface area contributed by atoms with Crippen LogP contribution in [0.15, 0.2) is 51.7 Å². The van der Waals surface area contributed by atoms with Gasteiger partial charge in [-0.05, 0) is 26.1 Å². The number of phenols is 1. The van der Waals surface area contributed by atoms with Crippen LogP contribution < -0.4 is 10.2 Å². The summed E-state index contributed by atoms with van der Waals surface area (Å²) in [6.07, 6.45) is -0.101. The molecule has 1 N–H and O–H groups in total. The van der Waals surface area contributed by atoms with Crippen LogP contribution in [0.3, 0.4) is 0 Å². The summed E-state index contributed by atoms with van der Waals surface area (Å²) in [6, 6.07) is 11.7. The fourth-order valence-electron chi connectivity index (χ4n) is 4.44. The van der Waals surface area contributed by atoms with Gasteiger partial charge in [-0.1, -0.05) is 18.2 Å². The van der Waals surface area contributed by atoms with Crippen LogP contribution in [0.5, 0.6) is 11.5 Å². The highest BCUT2D eigenvalue weighted by Crippen LogP contribution is 2.48. The van der Waals surface area contributed by atoms with Crippen molar-refractivity contribution in [2.45, 2.75) is 31.6 Å². The first-order valence-electron chi connectivity index (χ1n) is 9.85. The second kappa shape index (κ2) is 6.88. The van der Waals surface area contributed by atoms with Gasteiger partial charge in [-0.3, -0.25) is 9.69 Å². The van der Waals surface area contributed by atoms with E-state index in [2.05, 4.69) is 0 Å². The number of carbonyl (C=O) groups is 1. The average molecular weight is 407 g/mol. The molecular weight excluding hydrogens is 386 g/mol. The number of fused-ring (bicyclic) bond motifs is 6. The zero-order valence-corrected chi connectivity index (χ0v) is 16.6. The Balaban J connectivity index is 1.63. The summed E-state index contributed by atoms with van der Waals surface area (Å²) >= 11 is 0. The molecular formula is C23H21NO6. The molecule has 5 rings (SSSR count). The average Bonchev–Trinajstić information content (AvgIpc) is 2.71. The molecule has 0 spiro atoms. The third-order valence-corrected chi connectivity index (χ3v) is 5.87. The van der Waals surface area contributed by atoms with Gasteiger partial charge in [-0.15, -0.1) is 0 Å². The fraction of sp³-hybridized carbons (Fsp3) is 0.304. The lowest BCUT2D eigenvalue weighted by Gasteiger charge is -2.45. The van der Waals surface area contributed by atoms with Crippen molar-refractivity contribution in [2.24, 2.45) is 0 Å². The number of likely N-dealkylation sites (N-methyl/N-ethyl adjacent to an activating group) is 1. The number of piperidine rings is 1. The van der Waals surface area contributed by atoms with Crippen LogP contribution in [-0.4, -0.2) is 41.9 Å². The van der Waals surface area contributed by atoms with E-state index in [4.69, 9.17) is 13.9 Å². The largest absolute Gasteiger partial charge is 0.507 e. The van der Waals surface area contributed by atoms with Gasteiger partial charge in [-0.2, -0.15) is 0 Å². The van der Waals surface area contributed by atoms with Gasteiger partial charge >= 0.3 is 5.97 Å². The fourth-order valence-corrected chi connectivity index (χ4v) is 4.44. The quantitative estimate of drug-likeness (QED) is 0.653. The van der Waals surface area contributed by atoms with Crippen molar-refractivity contribution in [1.82, 2.24) is 4.90 Å². The smallest absolute Gasteiger partial charge is 0.338 e. The molecule has 2 aliphatic rings. The van der Waals surface area contributed by atoms with Crippen molar-refractivity contribution in [1.29, 1.82) is 0 Å². The minimum Gasteiger partial charge on any atom is -0.507 e. The molecule has 1 saturated heterocycles. The van der Waals surface area contributed by atoms with E-state index in [-0.39, 0.29) is 28.7 Å². The predicted molar refractivity (Wildman–Crippen MR) is 109 cm³/mol. The topological polar surface area (TPSA) is 89.2 Å². The minimum atomic E-state index is -0.458. The molecule has 2 aliphatic heterocycles.